The number of hydrogen-bond acceptors (Lipinski definition) is 8. The fourth-order valence-electron chi connectivity index (χ4n) is 8.10. The van der Waals surface area contributed by atoms with Crippen molar-refractivity contribution in [1.82, 2.24) is 30.1 Å². The van der Waals surface area contributed by atoms with Crippen LogP contribution in [0.25, 0.3) is 22.2 Å². The number of aromatic nitrogens is 3. The van der Waals surface area contributed by atoms with Gasteiger partial charge in [0.15, 0.2) is 6.04 Å². The summed E-state index contributed by atoms with van der Waals surface area (Å²) in [6.45, 7) is 1.18. The second kappa shape index (κ2) is 18.2. The van der Waals surface area contributed by atoms with Crippen molar-refractivity contribution < 1.29 is 28.9 Å². The third-order valence-corrected chi connectivity index (χ3v) is 11.1. The fourth-order valence-corrected chi connectivity index (χ4v) is 8.10. The normalized spacial score (nSPS) is 17.3. The Labute approximate surface area is 347 Å². The molecule has 3 amide bonds. The SMILES string of the molecule is COOC=N[C@@H](C(=O)N1CCC[C@H]1c1cc2cc(C#Cc3ccc(-c4cnc([C@@H]5CCCN5C(=O)[C@H](NC(=O)OC)c5ccccc5)[nH]4)cc3)ccc2[nH]1)c1ccccc1. The van der Waals surface area contributed by atoms with Gasteiger partial charge in [-0.05, 0) is 78.8 Å². The lowest BCUT2D eigenvalue weighted by molar-refractivity contribution is -0.188. The fraction of sp³-hybridized carbons (Fsp3) is 0.255. The molecular formula is C47H45N7O6. The topological polar surface area (TPSA) is 154 Å². The number of alkyl carbamates (subject to hydrolysis) is 1. The van der Waals surface area contributed by atoms with Crippen LogP contribution in [-0.4, -0.2) is 76.4 Å². The van der Waals surface area contributed by atoms with Gasteiger partial charge in [0.2, 0.25) is 6.40 Å². The summed E-state index contributed by atoms with van der Waals surface area (Å²) in [7, 11) is 2.67. The third-order valence-electron chi connectivity index (χ3n) is 11.1. The summed E-state index contributed by atoms with van der Waals surface area (Å²) in [6, 6.07) is 32.8. The molecule has 60 heavy (non-hydrogen) atoms. The number of methoxy groups -OCH3 is 1. The smallest absolute Gasteiger partial charge is 0.407 e. The number of amides is 3. The predicted molar refractivity (Wildman–Crippen MR) is 226 cm³/mol. The molecule has 2 aliphatic heterocycles. The number of H-pyrrole nitrogens is 2. The van der Waals surface area contributed by atoms with Gasteiger partial charge in [0.25, 0.3) is 11.8 Å². The minimum atomic E-state index is -0.882. The number of nitrogens with one attached hydrogen (secondary N) is 3. The van der Waals surface area contributed by atoms with Gasteiger partial charge in [0.1, 0.15) is 11.9 Å². The van der Waals surface area contributed by atoms with Crippen molar-refractivity contribution in [3.63, 3.8) is 0 Å². The molecule has 0 unspecified atom stereocenters. The van der Waals surface area contributed by atoms with Crippen LogP contribution in [0.2, 0.25) is 0 Å². The maximum Gasteiger partial charge on any atom is 0.407 e. The number of rotatable bonds is 11. The molecule has 2 aromatic heterocycles. The summed E-state index contributed by atoms with van der Waals surface area (Å²) in [5, 5.41) is 3.73. The Balaban J connectivity index is 0.939. The summed E-state index contributed by atoms with van der Waals surface area (Å²) in [5.74, 6) is 6.98. The Morgan fingerprint density at radius 1 is 0.800 bits per heavy atom. The molecule has 0 radical (unpaired) electrons. The Kier molecular flexibility index (Phi) is 12.0. The Hall–Kier alpha value is -7.17. The molecule has 2 fully saturated rings. The van der Waals surface area contributed by atoms with Crippen LogP contribution in [0.3, 0.4) is 0 Å². The number of benzene rings is 4. The monoisotopic (exact) mass is 803 g/mol. The van der Waals surface area contributed by atoms with Crippen LogP contribution >= 0.6 is 0 Å². The first-order chi connectivity index (χ1) is 29.4. The van der Waals surface area contributed by atoms with Crippen LogP contribution in [0.15, 0.2) is 120 Å². The lowest BCUT2D eigenvalue weighted by Crippen LogP contribution is -2.42. The largest absolute Gasteiger partial charge is 0.453 e. The number of carbonyl (C=O) groups is 3. The first kappa shape index (κ1) is 39.6. The Morgan fingerprint density at radius 3 is 2.18 bits per heavy atom. The first-order valence-electron chi connectivity index (χ1n) is 20.0. The number of aromatic amines is 2. The second-order valence-corrected chi connectivity index (χ2v) is 14.7. The van der Waals surface area contributed by atoms with E-state index in [4.69, 9.17) is 9.62 Å². The zero-order valence-electron chi connectivity index (χ0n) is 33.3. The summed E-state index contributed by atoms with van der Waals surface area (Å²) >= 11 is 0. The highest BCUT2D eigenvalue weighted by atomic mass is 17.2. The van der Waals surface area contributed by atoms with E-state index < -0.39 is 18.2 Å². The van der Waals surface area contributed by atoms with E-state index in [0.717, 1.165) is 70.2 Å². The van der Waals surface area contributed by atoms with E-state index in [9.17, 15) is 14.4 Å². The van der Waals surface area contributed by atoms with Crippen molar-refractivity contribution >= 4 is 35.2 Å². The van der Waals surface area contributed by atoms with Crippen molar-refractivity contribution in [1.29, 1.82) is 0 Å². The van der Waals surface area contributed by atoms with Gasteiger partial charge in [-0.3, -0.25) is 9.59 Å². The summed E-state index contributed by atoms with van der Waals surface area (Å²) in [5.41, 5.74) is 6.91. The molecule has 0 aliphatic carbocycles. The molecule has 13 nitrogen and oxygen atoms in total. The van der Waals surface area contributed by atoms with Crippen LogP contribution in [0.4, 0.5) is 4.79 Å². The van der Waals surface area contributed by atoms with E-state index in [2.05, 4.69) is 54.1 Å². The average Bonchev–Trinajstić information content (AvgIpc) is 4.13. The van der Waals surface area contributed by atoms with Gasteiger partial charge in [-0.15, -0.1) is 0 Å². The molecule has 4 heterocycles. The maximum absolute atomic E-state index is 14.0. The molecule has 2 saturated heterocycles. The highest BCUT2D eigenvalue weighted by molar-refractivity contribution is 5.88. The van der Waals surface area contributed by atoms with E-state index in [1.807, 2.05) is 102 Å². The van der Waals surface area contributed by atoms with E-state index in [-0.39, 0.29) is 23.9 Å². The standard InChI is InChI=1S/C47H45N7O6/c1-58-47(57)52-43(35-13-7-4-8-14-35)46(56)54-26-10-16-41(54)44-48-29-39(51-44)33-22-19-31(20-23-33)17-18-32-21-24-37-36(27-32)28-38(50-37)40-15-9-25-53(40)45(55)42(49-30-60-59-2)34-11-5-3-6-12-34/h3-8,11-14,19-24,27-30,40-43,50H,9-10,15-16,25-26H2,1-2H3,(H,48,51)(H,52,57)/t40-,41-,42+,43+/m0/s1. The number of fused-ring (bicyclic) bond motifs is 1. The maximum atomic E-state index is 14.0. The lowest BCUT2D eigenvalue weighted by atomic mass is 10.0. The van der Waals surface area contributed by atoms with Crippen LogP contribution in [-0.2, 0) is 24.1 Å². The molecule has 0 bridgehead atoms. The molecule has 0 spiro atoms. The van der Waals surface area contributed by atoms with Crippen LogP contribution in [0, 0.1) is 11.8 Å². The molecular weight excluding hydrogens is 759 g/mol. The minimum Gasteiger partial charge on any atom is -0.453 e. The number of imidazole rings is 1. The van der Waals surface area contributed by atoms with Gasteiger partial charge in [-0.25, -0.2) is 14.8 Å². The molecule has 0 saturated carbocycles. The highest BCUT2D eigenvalue weighted by Crippen LogP contribution is 2.37. The van der Waals surface area contributed by atoms with Crippen molar-refractivity contribution in [2.24, 2.45) is 4.99 Å². The van der Waals surface area contributed by atoms with Gasteiger partial charge >= 0.3 is 6.09 Å². The van der Waals surface area contributed by atoms with Gasteiger partial charge in [0, 0.05) is 40.8 Å². The molecule has 304 valence electrons. The average molecular weight is 804 g/mol. The summed E-state index contributed by atoms with van der Waals surface area (Å²) in [4.78, 5) is 69.4. The van der Waals surface area contributed by atoms with Gasteiger partial charge in [-0.2, -0.15) is 4.89 Å². The molecule has 6 aromatic rings. The van der Waals surface area contributed by atoms with Gasteiger partial charge in [0.05, 0.1) is 38.2 Å². The van der Waals surface area contributed by atoms with E-state index in [0.29, 0.717) is 24.5 Å². The Morgan fingerprint density at radius 2 is 1.47 bits per heavy atom. The lowest BCUT2D eigenvalue weighted by Gasteiger charge is -2.28. The molecule has 4 aromatic carbocycles. The van der Waals surface area contributed by atoms with E-state index in [1.165, 1.54) is 20.6 Å². The summed E-state index contributed by atoms with van der Waals surface area (Å²) < 4.78 is 4.83. The number of hydrogen-bond donors (Lipinski definition) is 3. The van der Waals surface area contributed by atoms with Crippen molar-refractivity contribution in [2.75, 3.05) is 27.3 Å². The van der Waals surface area contributed by atoms with E-state index >= 15 is 0 Å². The second-order valence-electron chi connectivity index (χ2n) is 14.7. The zero-order valence-corrected chi connectivity index (χ0v) is 33.3. The molecule has 2 aliphatic rings. The van der Waals surface area contributed by atoms with Gasteiger partial charge < -0.3 is 34.7 Å². The highest BCUT2D eigenvalue weighted by Gasteiger charge is 2.38. The van der Waals surface area contributed by atoms with E-state index in [1.54, 1.807) is 11.1 Å². The number of nitrogens with zero attached hydrogens (tertiary/aromatic N) is 4. The number of likely N-dealkylation sites (tertiary alicyclic amines) is 2. The summed E-state index contributed by atoms with van der Waals surface area (Å²) in [6.07, 6.45) is 5.57. The molecule has 13 heteroatoms. The predicted octanol–water partition coefficient (Wildman–Crippen LogP) is 7.73. The minimum absolute atomic E-state index is 0.0973. The van der Waals surface area contributed by atoms with Gasteiger partial charge in [-0.1, -0.05) is 84.6 Å². The quantitative estimate of drug-likeness (QED) is 0.0398. The van der Waals surface area contributed by atoms with Crippen LogP contribution < -0.4 is 5.32 Å². The third kappa shape index (κ3) is 8.64. The van der Waals surface area contributed by atoms with Crippen LogP contribution in [0.5, 0.6) is 0 Å². The first-order valence-corrected chi connectivity index (χ1v) is 20.0. The number of ether oxygens (including phenoxy) is 1. The van der Waals surface area contributed by atoms with Crippen molar-refractivity contribution in [3.8, 4) is 23.1 Å². The van der Waals surface area contributed by atoms with Crippen LogP contribution in [0.1, 0.15) is 83.6 Å². The molecule has 8 rings (SSSR count). The van der Waals surface area contributed by atoms with Crippen molar-refractivity contribution in [3.05, 3.63) is 149 Å². The number of carbonyl (C=O) groups excluding carboxylic acids is 3. The zero-order chi connectivity index (χ0) is 41.4. The van der Waals surface area contributed by atoms with Crippen molar-refractivity contribution in [2.45, 2.75) is 49.9 Å². The number of aliphatic imine (C=N–C) groups is 1. The molecule has 3 N–H and O–H groups in total. The molecule has 4 atom stereocenters. The Bertz CT molecular complexity index is 2540.